The molecular formula is C14H21Cl2N5O. The van der Waals surface area contributed by atoms with Gasteiger partial charge in [0.05, 0.1) is 12.6 Å². The molecule has 1 atom stereocenters. The Bertz CT molecular complexity index is 574. The molecule has 1 amide bonds. The number of benzene rings is 1. The molecule has 0 spiro atoms. The molecule has 2 aromatic rings. The highest BCUT2D eigenvalue weighted by molar-refractivity contribution is 5.94. The maximum Gasteiger partial charge on any atom is 0.241 e. The molecule has 22 heavy (non-hydrogen) atoms. The molecule has 0 saturated carbocycles. The van der Waals surface area contributed by atoms with Gasteiger partial charge in [-0.15, -0.1) is 24.8 Å². The number of hydrogen-bond acceptors (Lipinski definition) is 4. The van der Waals surface area contributed by atoms with Crippen molar-refractivity contribution in [3.63, 3.8) is 0 Å². The highest BCUT2D eigenvalue weighted by Crippen LogP contribution is 2.12. The molecule has 0 unspecified atom stereocenters. The third-order valence-electron chi connectivity index (χ3n) is 3.03. The number of carbonyl (C=O) groups is 1. The van der Waals surface area contributed by atoms with Crippen molar-refractivity contribution in [2.45, 2.75) is 26.4 Å². The highest BCUT2D eigenvalue weighted by atomic mass is 35.5. The summed E-state index contributed by atoms with van der Waals surface area (Å²) in [6.07, 6.45) is 3.15. The van der Waals surface area contributed by atoms with Crippen LogP contribution in [-0.2, 0) is 11.3 Å². The second kappa shape index (κ2) is 9.40. The average molecular weight is 346 g/mol. The number of rotatable bonds is 5. The molecule has 0 fully saturated rings. The Labute approximate surface area is 142 Å². The van der Waals surface area contributed by atoms with E-state index in [0.717, 1.165) is 11.3 Å². The van der Waals surface area contributed by atoms with Crippen molar-refractivity contribution in [1.29, 1.82) is 0 Å². The van der Waals surface area contributed by atoms with Gasteiger partial charge in [0.15, 0.2) is 0 Å². The van der Waals surface area contributed by atoms with Crippen LogP contribution in [0, 0.1) is 5.92 Å². The first-order valence-electron chi connectivity index (χ1n) is 6.54. The molecule has 0 bridgehead atoms. The Morgan fingerprint density at radius 3 is 2.68 bits per heavy atom. The first kappa shape index (κ1) is 20.4. The molecule has 0 aliphatic carbocycles. The van der Waals surface area contributed by atoms with Gasteiger partial charge in [0.2, 0.25) is 5.91 Å². The lowest BCUT2D eigenvalue weighted by Gasteiger charge is -2.15. The van der Waals surface area contributed by atoms with Gasteiger partial charge in [-0.2, -0.15) is 5.10 Å². The van der Waals surface area contributed by atoms with Crippen LogP contribution >= 0.6 is 24.8 Å². The van der Waals surface area contributed by atoms with Crippen LogP contribution in [0.4, 0.5) is 5.69 Å². The summed E-state index contributed by atoms with van der Waals surface area (Å²) in [6.45, 7) is 4.46. The van der Waals surface area contributed by atoms with Crippen molar-refractivity contribution in [3.8, 4) is 0 Å². The zero-order valence-corrected chi connectivity index (χ0v) is 14.1. The number of nitrogens with two attached hydrogens (primary N) is 1. The van der Waals surface area contributed by atoms with E-state index in [2.05, 4.69) is 15.4 Å². The predicted molar refractivity (Wildman–Crippen MR) is 91.5 cm³/mol. The first-order valence-corrected chi connectivity index (χ1v) is 6.54. The van der Waals surface area contributed by atoms with Crippen LogP contribution in [0.1, 0.15) is 19.4 Å². The van der Waals surface area contributed by atoms with Gasteiger partial charge in [-0.25, -0.2) is 9.67 Å². The molecular weight excluding hydrogens is 325 g/mol. The monoisotopic (exact) mass is 345 g/mol. The van der Waals surface area contributed by atoms with Crippen molar-refractivity contribution in [3.05, 3.63) is 42.5 Å². The summed E-state index contributed by atoms with van der Waals surface area (Å²) in [6, 6.07) is 7.11. The molecule has 1 aromatic carbocycles. The molecule has 8 heteroatoms. The summed E-state index contributed by atoms with van der Waals surface area (Å²) in [5.74, 6) is -0.0637. The first-order chi connectivity index (χ1) is 9.56. The van der Waals surface area contributed by atoms with Crippen molar-refractivity contribution < 1.29 is 4.79 Å². The van der Waals surface area contributed by atoms with Crippen molar-refractivity contribution in [1.82, 2.24) is 14.8 Å². The molecule has 1 heterocycles. The fourth-order valence-electron chi connectivity index (χ4n) is 1.78. The van der Waals surface area contributed by atoms with Crippen LogP contribution in [0.25, 0.3) is 0 Å². The molecule has 1 aromatic heterocycles. The van der Waals surface area contributed by atoms with Gasteiger partial charge in [-0.1, -0.05) is 26.0 Å². The van der Waals surface area contributed by atoms with Crippen LogP contribution in [0.2, 0.25) is 0 Å². The lowest BCUT2D eigenvalue weighted by atomic mass is 10.0. The van der Waals surface area contributed by atoms with E-state index in [0.29, 0.717) is 6.54 Å². The number of aromatic nitrogens is 3. The minimum Gasteiger partial charge on any atom is -0.325 e. The van der Waals surface area contributed by atoms with E-state index in [9.17, 15) is 4.79 Å². The SMILES string of the molecule is CC(C)[C@@H](N)C(=O)Nc1cccc(Cn2cncn2)c1.Cl.Cl. The summed E-state index contributed by atoms with van der Waals surface area (Å²) in [7, 11) is 0. The lowest BCUT2D eigenvalue weighted by molar-refractivity contribution is -0.118. The number of nitrogens with one attached hydrogen (secondary N) is 1. The summed E-state index contributed by atoms with van der Waals surface area (Å²) < 4.78 is 1.72. The number of halogens is 2. The van der Waals surface area contributed by atoms with Gasteiger partial charge in [0.25, 0.3) is 0 Å². The van der Waals surface area contributed by atoms with Gasteiger partial charge in [0.1, 0.15) is 12.7 Å². The van der Waals surface area contributed by atoms with Crippen molar-refractivity contribution >= 4 is 36.4 Å². The Kier molecular flexibility index (Phi) is 8.70. The summed E-state index contributed by atoms with van der Waals surface area (Å²) in [4.78, 5) is 15.8. The van der Waals surface area contributed by atoms with Gasteiger partial charge < -0.3 is 11.1 Å². The fourth-order valence-corrected chi connectivity index (χ4v) is 1.78. The molecule has 3 N–H and O–H groups in total. The summed E-state index contributed by atoms with van der Waals surface area (Å²) in [5.41, 5.74) is 7.59. The smallest absolute Gasteiger partial charge is 0.241 e. The molecule has 0 aliphatic heterocycles. The van der Waals surface area contributed by atoms with E-state index in [-0.39, 0.29) is 36.6 Å². The second-order valence-corrected chi connectivity index (χ2v) is 5.05. The number of nitrogens with zero attached hydrogens (tertiary/aromatic N) is 3. The third kappa shape index (κ3) is 5.63. The highest BCUT2D eigenvalue weighted by Gasteiger charge is 2.17. The number of hydrogen-bond donors (Lipinski definition) is 2. The molecule has 0 saturated heterocycles. The Morgan fingerprint density at radius 2 is 2.09 bits per heavy atom. The largest absolute Gasteiger partial charge is 0.325 e. The molecule has 122 valence electrons. The van der Waals surface area contributed by atoms with Crippen molar-refractivity contribution in [2.75, 3.05) is 5.32 Å². The van der Waals surface area contributed by atoms with E-state index in [1.54, 1.807) is 11.0 Å². The zero-order valence-electron chi connectivity index (χ0n) is 12.5. The lowest BCUT2D eigenvalue weighted by Crippen LogP contribution is -2.39. The quantitative estimate of drug-likeness (QED) is 0.868. The number of amides is 1. The van der Waals surface area contributed by atoms with Crippen LogP contribution in [0.5, 0.6) is 0 Å². The Balaban J connectivity index is 0.00000220. The minimum absolute atomic E-state index is 0. The standard InChI is InChI=1S/C14H19N5O.2ClH/c1-10(2)13(15)14(20)18-12-5-3-4-11(6-12)7-19-9-16-8-17-19;;/h3-6,8-10,13H,7,15H2,1-2H3,(H,18,20);2*1H/t13-;;/m1../s1. The van der Waals surface area contributed by atoms with E-state index in [1.165, 1.54) is 6.33 Å². The summed E-state index contributed by atoms with van der Waals surface area (Å²) in [5, 5.41) is 6.89. The van der Waals surface area contributed by atoms with E-state index in [1.807, 2.05) is 38.1 Å². The maximum absolute atomic E-state index is 11.9. The second-order valence-electron chi connectivity index (χ2n) is 5.05. The van der Waals surface area contributed by atoms with Crippen LogP contribution < -0.4 is 11.1 Å². The zero-order chi connectivity index (χ0) is 14.5. The van der Waals surface area contributed by atoms with Crippen molar-refractivity contribution in [2.24, 2.45) is 11.7 Å². The van der Waals surface area contributed by atoms with Gasteiger partial charge in [-0.3, -0.25) is 4.79 Å². The maximum atomic E-state index is 11.9. The van der Waals surface area contributed by atoms with E-state index < -0.39 is 6.04 Å². The van der Waals surface area contributed by atoms with Gasteiger partial charge in [-0.05, 0) is 23.6 Å². The summed E-state index contributed by atoms with van der Waals surface area (Å²) >= 11 is 0. The van der Waals surface area contributed by atoms with Gasteiger partial charge >= 0.3 is 0 Å². The third-order valence-corrected chi connectivity index (χ3v) is 3.03. The fraction of sp³-hybridized carbons (Fsp3) is 0.357. The van der Waals surface area contributed by atoms with Crippen LogP contribution in [0.15, 0.2) is 36.9 Å². The average Bonchev–Trinajstić information content (AvgIpc) is 2.91. The van der Waals surface area contributed by atoms with E-state index >= 15 is 0 Å². The van der Waals surface area contributed by atoms with E-state index in [4.69, 9.17) is 5.73 Å². The Morgan fingerprint density at radius 1 is 1.36 bits per heavy atom. The minimum atomic E-state index is -0.506. The Hall–Kier alpha value is -1.63. The normalized spacial score (nSPS) is 11.3. The van der Waals surface area contributed by atoms with Gasteiger partial charge in [0, 0.05) is 5.69 Å². The molecule has 0 aliphatic rings. The predicted octanol–water partition coefficient (Wildman–Crippen LogP) is 2.09. The van der Waals surface area contributed by atoms with Crippen LogP contribution in [0.3, 0.4) is 0 Å². The molecule has 6 nitrogen and oxygen atoms in total. The topological polar surface area (TPSA) is 85.8 Å². The number of anilines is 1. The number of carbonyl (C=O) groups excluding carboxylic acids is 1. The van der Waals surface area contributed by atoms with Crippen LogP contribution in [-0.4, -0.2) is 26.7 Å². The molecule has 0 radical (unpaired) electrons. The molecule has 2 rings (SSSR count).